The molecule has 0 spiro atoms. The highest BCUT2D eigenvalue weighted by atomic mass is 32.2. The van der Waals surface area contributed by atoms with Crippen LogP contribution >= 0.6 is 0 Å². The van der Waals surface area contributed by atoms with Gasteiger partial charge in [-0.2, -0.15) is 0 Å². The zero-order valence-corrected chi connectivity index (χ0v) is 16.2. The topological polar surface area (TPSA) is 121 Å². The van der Waals surface area contributed by atoms with E-state index in [1.165, 1.54) is 24.3 Å². The zero-order chi connectivity index (χ0) is 20.4. The number of rotatable bonds is 5. The lowest BCUT2D eigenvalue weighted by Crippen LogP contribution is -2.15. The van der Waals surface area contributed by atoms with Crippen molar-refractivity contribution < 1.29 is 27.1 Å². The van der Waals surface area contributed by atoms with Gasteiger partial charge in [-0.25, -0.2) is 8.42 Å². The van der Waals surface area contributed by atoms with Crippen LogP contribution in [0.5, 0.6) is 11.5 Å². The minimum Gasteiger partial charge on any atom is -0.486 e. The van der Waals surface area contributed by atoms with Crippen LogP contribution in [0.25, 0.3) is 0 Å². The molecule has 1 aromatic heterocycles. The second-order valence-electron chi connectivity index (χ2n) is 6.41. The molecule has 10 heteroatoms. The number of sulfone groups is 1. The number of nitrogens with zero attached hydrogens (tertiary/aromatic N) is 2. The summed E-state index contributed by atoms with van der Waals surface area (Å²) in [4.78, 5) is 12.4. The van der Waals surface area contributed by atoms with Gasteiger partial charge in [-0.15, -0.1) is 5.10 Å². The Labute approximate surface area is 166 Å². The maximum Gasteiger partial charge on any atom is 0.322 e. The Morgan fingerprint density at radius 3 is 2.66 bits per heavy atom. The average Bonchev–Trinajstić information content (AvgIpc) is 3.14. The van der Waals surface area contributed by atoms with Crippen molar-refractivity contribution in [2.75, 3.05) is 24.8 Å². The van der Waals surface area contributed by atoms with Crippen LogP contribution in [0.1, 0.15) is 21.8 Å². The predicted octanol–water partition coefficient (Wildman–Crippen LogP) is 2.09. The molecule has 0 saturated carbocycles. The second-order valence-corrected chi connectivity index (χ2v) is 8.43. The standard InChI is InChI=1S/C19H17N3O6S/c1-29(24,25)14-4-2-3-13(11-14)18(23)20-19-22-21-17(28-19)10-12-5-6-15-16(9-12)27-8-7-26-15/h2-6,9,11H,7-8,10H2,1H3,(H,20,22,23). The Morgan fingerprint density at radius 2 is 1.86 bits per heavy atom. The molecule has 2 aromatic carbocycles. The number of anilines is 1. The number of aromatic nitrogens is 2. The molecule has 0 atom stereocenters. The molecule has 9 nitrogen and oxygen atoms in total. The molecule has 0 unspecified atom stereocenters. The number of amides is 1. The fraction of sp³-hybridized carbons (Fsp3) is 0.211. The third-order valence-electron chi connectivity index (χ3n) is 4.17. The van der Waals surface area contributed by atoms with Crippen LogP contribution in [0.2, 0.25) is 0 Å². The van der Waals surface area contributed by atoms with E-state index in [4.69, 9.17) is 13.9 Å². The molecule has 150 valence electrons. The number of carbonyl (C=O) groups is 1. The van der Waals surface area contributed by atoms with Crippen molar-refractivity contribution in [1.82, 2.24) is 10.2 Å². The van der Waals surface area contributed by atoms with Gasteiger partial charge in [-0.3, -0.25) is 10.1 Å². The van der Waals surface area contributed by atoms with Crippen molar-refractivity contribution in [3.8, 4) is 11.5 Å². The van der Waals surface area contributed by atoms with E-state index in [9.17, 15) is 13.2 Å². The highest BCUT2D eigenvalue weighted by molar-refractivity contribution is 7.90. The molecule has 0 aliphatic carbocycles. The van der Waals surface area contributed by atoms with Crippen molar-refractivity contribution >= 4 is 21.8 Å². The maximum absolute atomic E-state index is 12.4. The minimum absolute atomic E-state index is 0.0509. The summed E-state index contributed by atoms with van der Waals surface area (Å²) in [7, 11) is -3.42. The number of carbonyl (C=O) groups excluding carboxylic acids is 1. The van der Waals surface area contributed by atoms with Crippen LogP contribution in [0.3, 0.4) is 0 Å². The van der Waals surface area contributed by atoms with Gasteiger partial charge in [0.15, 0.2) is 21.3 Å². The van der Waals surface area contributed by atoms with Gasteiger partial charge in [-0.05, 0) is 35.9 Å². The molecule has 0 bridgehead atoms. The van der Waals surface area contributed by atoms with E-state index in [1.54, 1.807) is 0 Å². The summed E-state index contributed by atoms with van der Waals surface area (Å²) in [6.07, 6.45) is 1.43. The van der Waals surface area contributed by atoms with Crippen molar-refractivity contribution in [2.45, 2.75) is 11.3 Å². The monoisotopic (exact) mass is 415 g/mol. The van der Waals surface area contributed by atoms with E-state index >= 15 is 0 Å². The van der Waals surface area contributed by atoms with E-state index in [0.717, 1.165) is 11.8 Å². The molecular formula is C19H17N3O6S. The predicted molar refractivity (Wildman–Crippen MR) is 102 cm³/mol. The number of ether oxygens (including phenoxy) is 2. The molecule has 0 saturated heterocycles. The summed E-state index contributed by atoms with van der Waals surface area (Å²) in [5, 5.41) is 10.2. The summed E-state index contributed by atoms with van der Waals surface area (Å²) in [6, 6.07) is 11.1. The molecular weight excluding hydrogens is 398 g/mol. The third-order valence-corrected chi connectivity index (χ3v) is 5.28. The number of hydrogen-bond donors (Lipinski definition) is 1. The van der Waals surface area contributed by atoms with Crippen LogP contribution in [0.4, 0.5) is 6.01 Å². The number of hydrogen-bond acceptors (Lipinski definition) is 8. The zero-order valence-electron chi connectivity index (χ0n) is 15.4. The highest BCUT2D eigenvalue weighted by Gasteiger charge is 2.16. The molecule has 3 aromatic rings. The SMILES string of the molecule is CS(=O)(=O)c1cccc(C(=O)Nc2nnc(Cc3ccc4c(c3)OCCO4)o2)c1. The third kappa shape index (κ3) is 4.37. The summed E-state index contributed by atoms with van der Waals surface area (Å²) >= 11 is 0. The van der Waals surface area contributed by atoms with E-state index in [1.807, 2.05) is 18.2 Å². The van der Waals surface area contributed by atoms with Gasteiger partial charge < -0.3 is 13.9 Å². The first kappa shape index (κ1) is 18.9. The Hall–Kier alpha value is -3.40. The number of fused-ring (bicyclic) bond motifs is 1. The number of benzene rings is 2. The normalized spacial score (nSPS) is 13.1. The lowest BCUT2D eigenvalue weighted by Gasteiger charge is -2.18. The summed E-state index contributed by atoms with van der Waals surface area (Å²) < 4.78 is 39.8. The van der Waals surface area contributed by atoms with Gasteiger partial charge >= 0.3 is 6.01 Å². The van der Waals surface area contributed by atoms with E-state index in [2.05, 4.69) is 15.5 Å². The highest BCUT2D eigenvalue weighted by Crippen LogP contribution is 2.31. The summed E-state index contributed by atoms with van der Waals surface area (Å²) in [5.74, 6) is 1.11. The first-order valence-corrected chi connectivity index (χ1v) is 10.6. The molecule has 2 heterocycles. The first-order valence-electron chi connectivity index (χ1n) is 8.71. The molecule has 4 rings (SSSR count). The van der Waals surface area contributed by atoms with Crippen LogP contribution in [-0.4, -0.2) is 44.0 Å². The molecule has 29 heavy (non-hydrogen) atoms. The van der Waals surface area contributed by atoms with E-state index < -0.39 is 15.7 Å². The second kappa shape index (κ2) is 7.55. The smallest absolute Gasteiger partial charge is 0.322 e. The molecule has 1 amide bonds. The summed E-state index contributed by atoms with van der Waals surface area (Å²) in [5.41, 5.74) is 1.05. The fourth-order valence-corrected chi connectivity index (χ4v) is 3.45. The van der Waals surface area contributed by atoms with Crippen molar-refractivity contribution in [1.29, 1.82) is 0 Å². The van der Waals surface area contributed by atoms with E-state index in [0.29, 0.717) is 37.0 Å². The molecule has 0 radical (unpaired) electrons. The lowest BCUT2D eigenvalue weighted by atomic mass is 10.1. The van der Waals surface area contributed by atoms with Crippen LogP contribution in [0, 0.1) is 0 Å². The van der Waals surface area contributed by atoms with Crippen molar-refractivity contribution in [3.63, 3.8) is 0 Å². The Morgan fingerprint density at radius 1 is 1.07 bits per heavy atom. The Balaban J connectivity index is 1.45. The summed E-state index contributed by atoms with van der Waals surface area (Å²) in [6.45, 7) is 1.01. The van der Waals surface area contributed by atoms with Gasteiger partial charge in [0.05, 0.1) is 11.3 Å². The lowest BCUT2D eigenvalue weighted by molar-refractivity contribution is 0.102. The maximum atomic E-state index is 12.4. The fourth-order valence-electron chi connectivity index (χ4n) is 2.79. The Bertz CT molecular complexity index is 1170. The van der Waals surface area contributed by atoms with Crippen molar-refractivity contribution in [2.24, 2.45) is 0 Å². The van der Waals surface area contributed by atoms with Gasteiger partial charge in [0.2, 0.25) is 5.89 Å². The van der Waals surface area contributed by atoms with Gasteiger partial charge in [-0.1, -0.05) is 17.2 Å². The quantitative estimate of drug-likeness (QED) is 0.672. The molecule has 0 fully saturated rings. The largest absolute Gasteiger partial charge is 0.486 e. The van der Waals surface area contributed by atoms with Gasteiger partial charge in [0.25, 0.3) is 5.91 Å². The Kier molecular flexibility index (Phi) is 4.93. The minimum atomic E-state index is -3.42. The number of nitrogens with one attached hydrogen (secondary N) is 1. The van der Waals surface area contributed by atoms with E-state index in [-0.39, 0.29) is 16.5 Å². The molecule has 1 N–H and O–H groups in total. The van der Waals surface area contributed by atoms with Crippen LogP contribution < -0.4 is 14.8 Å². The van der Waals surface area contributed by atoms with Crippen LogP contribution in [0.15, 0.2) is 51.8 Å². The first-order chi connectivity index (χ1) is 13.9. The molecule has 1 aliphatic heterocycles. The molecule has 1 aliphatic rings. The van der Waals surface area contributed by atoms with Crippen LogP contribution in [-0.2, 0) is 16.3 Å². The van der Waals surface area contributed by atoms with Gasteiger partial charge in [0, 0.05) is 11.8 Å². The average molecular weight is 415 g/mol. The van der Waals surface area contributed by atoms with Gasteiger partial charge in [0.1, 0.15) is 13.2 Å². The van der Waals surface area contributed by atoms with Crippen molar-refractivity contribution in [3.05, 3.63) is 59.5 Å².